The summed E-state index contributed by atoms with van der Waals surface area (Å²) in [5, 5.41) is 5.21. The molecule has 0 radical (unpaired) electrons. The molecule has 1 amide bonds. The van der Waals surface area contributed by atoms with Gasteiger partial charge in [-0.3, -0.25) is 10.1 Å². The Morgan fingerprint density at radius 1 is 0.972 bits per heavy atom. The number of nitrogens with zero attached hydrogens (tertiary/aromatic N) is 2. The Kier molecular flexibility index (Phi) is 7.68. The van der Waals surface area contributed by atoms with E-state index in [1.807, 2.05) is 55.6 Å². The number of nitrogens with one attached hydrogen (secondary N) is 1. The van der Waals surface area contributed by atoms with E-state index in [4.69, 9.17) is 0 Å². The summed E-state index contributed by atoms with van der Waals surface area (Å²) in [5.74, 6) is -0.343. The molecular formula is C28H29N3O3S2. The molecule has 0 bridgehead atoms. The van der Waals surface area contributed by atoms with Gasteiger partial charge in [0.25, 0.3) is 5.91 Å². The van der Waals surface area contributed by atoms with Crippen LogP contribution < -0.4 is 5.32 Å². The number of thiazole rings is 1. The predicted octanol–water partition coefficient (Wildman–Crippen LogP) is 6.28. The van der Waals surface area contributed by atoms with E-state index in [2.05, 4.69) is 36.3 Å². The van der Waals surface area contributed by atoms with Crippen molar-refractivity contribution in [3.8, 4) is 11.3 Å². The van der Waals surface area contributed by atoms with Crippen LogP contribution in [0.2, 0.25) is 0 Å². The second kappa shape index (κ2) is 10.7. The van der Waals surface area contributed by atoms with Crippen LogP contribution in [0.4, 0.5) is 5.13 Å². The molecule has 0 saturated heterocycles. The zero-order valence-corrected chi connectivity index (χ0v) is 22.4. The number of hydrogen-bond acceptors (Lipinski definition) is 5. The molecule has 0 aliphatic heterocycles. The van der Waals surface area contributed by atoms with E-state index in [1.54, 1.807) is 0 Å². The fourth-order valence-electron chi connectivity index (χ4n) is 3.76. The van der Waals surface area contributed by atoms with E-state index in [1.165, 1.54) is 51.0 Å². The molecule has 0 saturated carbocycles. The summed E-state index contributed by atoms with van der Waals surface area (Å²) in [6.45, 7) is 8.09. The van der Waals surface area contributed by atoms with Crippen LogP contribution in [0.5, 0.6) is 0 Å². The highest BCUT2D eigenvalue weighted by atomic mass is 32.2. The second-order valence-electron chi connectivity index (χ2n) is 8.95. The smallest absolute Gasteiger partial charge is 0.257 e. The molecule has 6 nitrogen and oxygen atoms in total. The minimum atomic E-state index is -3.74. The molecule has 0 atom stereocenters. The van der Waals surface area contributed by atoms with E-state index in [0.717, 1.165) is 16.8 Å². The fourth-order valence-corrected chi connectivity index (χ4v) is 6.10. The Labute approximate surface area is 216 Å². The molecular weight excluding hydrogens is 490 g/mol. The zero-order valence-electron chi connectivity index (χ0n) is 20.7. The largest absolute Gasteiger partial charge is 0.298 e. The first-order valence-corrected chi connectivity index (χ1v) is 14.0. The van der Waals surface area contributed by atoms with Gasteiger partial charge in [-0.05, 0) is 74.7 Å². The van der Waals surface area contributed by atoms with Gasteiger partial charge >= 0.3 is 0 Å². The van der Waals surface area contributed by atoms with Crippen molar-refractivity contribution in [1.29, 1.82) is 0 Å². The van der Waals surface area contributed by atoms with Gasteiger partial charge in [-0.2, -0.15) is 4.31 Å². The van der Waals surface area contributed by atoms with Gasteiger partial charge in [0.05, 0.1) is 10.6 Å². The minimum absolute atomic E-state index is 0.148. The summed E-state index contributed by atoms with van der Waals surface area (Å²) in [7, 11) is -3.74. The molecule has 0 spiro atoms. The normalized spacial score (nSPS) is 11.7. The third-order valence-electron chi connectivity index (χ3n) is 6.01. The molecule has 0 fully saturated rings. The maximum absolute atomic E-state index is 13.3. The van der Waals surface area contributed by atoms with Crippen molar-refractivity contribution in [2.24, 2.45) is 0 Å². The van der Waals surface area contributed by atoms with Crippen molar-refractivity contribution in [3.63, 3.8) is 0 Å². The number of rotatable bonds is 8. The number of benzene rings is 3. The van der Waals surface area contributed by atoms with Gasteiger partial charge in [0.15, 0.2) is 5.13 Å². The summed E-state index contributed by atoms with van der Waals surface area (Å²) in [6.07, 6.45) is 0. The van der Waals surface area contributed by atoms with Gasteiger partial charge in [0, 0.05) is 29.1 Å². The van der Waals surface area contributed by atoms with Crippen LogP contribution in [0.25, 0.3) is 11.3 Å². The standard InChI is InChI=1S/C28H29N3O3S2/c1-19(2)31(17-22-8-6-5-7-9-22)36(33,34)25-14-12-23(13-15-25)27(32)30-28-29-26(18-35-28)24-11-10-20(3)21(4)16-24/h5-16,18-19H,17H2,1-4H3,(H,29,30,32). The number of anilines is 1. The molecule has 4 rings (SSSR count). The molecule has 1 N–H and O–H groups in total. The molecule has 0 unspecified atom stereocenters. The van der Waals surface area contributed by atoms with Crippen molar-refractivity contribution < 1.29 is 13.2 Å². The Bertz CT molecular complexity index is 1460. The summed E-state index contributed by atoms with van der Waals surface area (Å²) in [6, 6.07) is 21.4. The third-order valence-corrected chi connectivity index (χ3v) is 8.80. The molecule has 8 heteroatoms. The number of carbonyl (C=O) groups excluding carboxylic acids is 1. The van der Waals surface area contributed by atoms with E-state index in [-0.39, 0.29) is 23.4 Å². The highest BCUT2D eigenvalue weighted by Crippen LogP contribution is 2.27. The van der Waals surface area contributed by atoms with Crippen LogP contribution in [0, 0.1) is 13.8 Å². The molecule has 1 heterocycles. The van der Waals surface area contributed by atoms with E-state index >= 15 is 0 Å². The van der Waals surface area contributed by atoms with Gasteiger partial charge in [-0.15, -0.1) is 11.3 Å². The third kappa shape index (κ3) is 5.73. The zero-order chi connectivity index (χ0) is 25.9. The summed E-state index contributed by atoms with van der Waals surface area (Å²) < 4.78 is 28.2. The van der Waals surface area contributed by atoms with Gasteiger partial charge in [-0.1, -0.05) is 42.5 Å². The van der Waals surface area contributed by atoms with Gasteiger partial charge in [0.1, 0.15) is 0 Å². The van der Waals surface area contributed by atoms with Crippen molar-refractivity contribution >= 4 is 32.4 Å². The molecule has 0 aliphatic carbocycles. The fraction of sp³-hybridized carbons (Fsp3) is 0.214. The number of amides is 1. The SMILES string of the molecule is Cc1ccc(-c2csc(NC(=O)c3ccc(S(=O)(=O)N(Cc4ccccc4)C(C)C)cc3)n2)cc1C. The number of sulfonamides is 1. The van der Waals surface area contributed by atoms with E-state index < -0.39 is 10.0 Å². The molecule has 0 aliphatic rings. The summed E-state index contributed by atoms with van der Waals surface area (Å²) in [5.41, 5.74) is 5.46. The number of aryl methyl sites for hydroxylation is 2. The van der Waals surface area contributed by atoms with Gasteiger partial charge in [-0.25, -0.2) is 13.4 Å². The Morgan fingerprint density at radius 2 is 1.67 bits per heavy atom. The van der Waals surface area contributed by atoms with Crippen molar-refractivity contribution in [1.82, 2.24) is 9.29 Å². The number of aromatic nitrogens is 1. The molecule has 1 aromatic heterocycles. The molecule has 4 aromatic rings. The second-order valence-corrected chi connectivity index (χ2v) is 11.7. The summed E-state index contributed by atoms with van der Waals surface area (Å²) >= 11 is 1.35. The van der Waals surface area contributed by atoms with Crippen LogP contribution in [-0.4, -0.2) is 29.7 Å². The lowest BCUT2D eigenvalue weighted by molar-refractivity contribution is 0.102. The minimum Gasteiger partial charge on any atom is -0.298 e. The number of carbonyl (C=O) groups is 1. The van der Waals surface area contributed by atoms with E-state index in [0.29, 0.717) is 10.7 Å². The topological polar surface area (TPSA) is 79.4 Å². The Balaban J connectivity index is 1.48. The maximum atomic E-state index is 13.3. The van der Waals surface area contributed by atoms with Crippen LogP contribution in [0.1, 0.15) is 40.9 Å². The highest BCUT2D eigenvalue weighted by molar-refractivity contribution is 7.89. The predicted molar refractivity (Wildman–Crippen MR) is 146 cm³/mol. The van der Waals surface area contributed by atoms with Crippen LogP contribution >= 0.6 is 11.3 Å². The van der Waals surface area contributed by atoms with Crippen molar-refractivity contribution in [3.05, 3.63) is 100 Å². The molecule has 186 valence electrons. The average molecular weight is 520 g/mol. The Hall–Kier alpha value is -3.33. The lowest BCUT2D eigenvalue weighted by Crippen LogP contribution is -2.36. The van der Waals surface area contributed by atoms with Crippen LogP contribution in [0.3, 0.4) is 0 Å². The van der Waals surface area contributed by atoms with Crippen molar-refractivity contribution in [2.75, 3.05) is 5.32 Å². The molecule has 36 heavy (non-hydrogen) atoms. The van der Waals surface area contributed by atoms with Gasteiger partial charge < -0.3 is 0 Å². The van der Waals surface area contributed by atoms with Crippen LogP contribution in [-0.2, 0) is 16.6 Å². The summed E-state index contributed by atoms with van der Waals surface area (Å²) in [4.78, 5) is 17.5. The van der Waals surface area contributed by atoms with E-state index in [9.17, 15) is 13.2 Å². The first-order chi connectivity index (χ1) is 17.1. The highest BCUT2D eigenvalue weighted by Gasteiger charge is 2.27. The number of hydrogen-bond donors (Lipinski definition) is 1. The van der Waals surface area contributed by atoms with Crippen LogP contribution in [0.15, 0.2) is 83.1 Å². The van der Waals surface area contributed by atoms with Gasteiger partial charge in [0.2, 0.25) is 10.0 Å². The van der Waals surface area contributed by atoms with Crippen molar-refractivity contribution in [2.45, 2.75) is 45.2 Å². The quantitative estimate of drug-likeness (QED) is 0.297. The lowest BCUT2D eigenvalue weighted by Gasteiger charge is -2.26. The molecule has 3 aromatic carbocycles. The maximum Gasteiger partial charge on any atom is 0.257 e. The first-order valence-electron chi connectivity index (χ1n) is 11.7. The Morgan fingerprint density at radius 3 is 2.31 bits per heavy atom. The first kappa shape index (κ1) is 25.8. The average Bonchev–Trinajstić information content (AvgIpc) is 3.33. The lowest BCUT2D eigenvalue weighted by atomic mass is 10.1. The monoisotopic (exact) mass is 519 g/mol.